The zero-order chi connectivity index (χ0) is 21.5. The Labute approximate surface area is 186 Å². The molecule has 0 N–H and O–H groups in total. The van der Waals surface area contributed by atoms with Crippen LogP contribution in [0.4, 0.5) is 5.69 Å². The number of anilines is 1. The van der Waals surface area contributed by atoms with E-state index in [0.29, 0.717) is 30.2 Å². The predicted octanol–water partition coefficient (Wildman–Crippen LogP) is 4.61. The van der Waals surface area contributed by atoms with Gasteiger partial charge in [0.25, 0.3) is 5.91 Å². The summed E-state index contributed by atoms with van der Waals surface area (Å²) in [6.45, 7) is 5.72. The maximum atomic E-state index is 13.2. The fourth-order valence-corrected chi connectivity index (χ4v) is 4.10. The third kappa shape index (κ3) is 5.19. The average molecular weight is 477 g/mol. The van der Waals surface area contributed by atoms with Crippen LogP contribution in [0.2, 0.25) is 0 Å². The molecule has 1 fully saturated rings. The smallest absolute Gasteiger partial charge is 0.254 e. The van der Waals surface area contributed by atoms with Gasteiger partial charge in [0, 0.05) is 37.4 Å². The van der Waals surface area contributed by atoms with Crippen molar-refractivity contribution in [3.8, 4) is 17.2 Å². The maximum absolute atomic E-state index is 13.2. The topological polar surface area (TPSA) is 51.2 Å². The standard InChI is InChI=1S/C23H29BrN2O4/c1-4-14-30-22-20(24)15-17(16-21(22)29-3)23(27)26-11-5-10-25(12-13-26)18-6-8-19(28-2)9-7-18/h6-9,15-16H,4-5,10-14H2,1-3H3. The second-order valence-electron chi connectivity index (χ2n) is 7.17. The molecule has 1 aliphatic heterocycles. The van der Waals surface area contributed by atoms with E-state index in [-0.39, 0.29) is 5.91 Å². The number of methoxy groups -OCH3 is 2. The highest BCUT2D eigenvalue weighted by Crippen LogP contribution is 2.37. The van der Waals surface area contributed by atoms with Crippen molar-refractivity contribution in [2.24, 2.45) is 0 Å². The van der Waals surface area contributed by atoms with Crippen molar-refractivity contribution in [1.82, 2.24) is 4.90 Å². The van der Waals surface area contributed by atoms with E-state index in [9.17, 15) is 4.79 Å². The fourth-order valence-electron chi connectivity index (χ4n) is 3.54. The van der Waals surface area contributed by atoms with Crippen LogP contribution in [-0.4, -0.2) is 57.8 Å². The van der Waals surface area contributed by atoms with Crippen molar-refractivity contribution >= 4 is 27.5 Å². The monoisotopic (exact) mass is 476 g/mol. The number of halogens is 1. The molecule has 2 aromatic rings. The molecule has 0 aromatic heterocycles. The van der Waals surface area contributed by atoms with E-state index < -0.39 is 0 Å². The number of benzene rings is 2. The van der Waals surface area contributed by atoms with E-state index in [0.717, 1.165) is 48.4 Å². The Hall–Kier alpha value is -2.41. The molecule has 0 spiro atoms. The number of nitrogens with zero attached hydrogens (tertiary/aromatic N) is 2. The van der Waals surface area contributed by atoms with E-state index in [4.69, 9.17) is 14.2 Å². The van der Waals surface area contributed by atoms with Crippen LogP contribution < -0.4 is 19.1 Å². The molecule has 3 rings (SSSR count). The molecule has 2 aromatic carbocycles. The third-order valence-electron chi connectivity index (χ3n) is 5.15. The Morgan fingerprint density at radius 3 is 2.47 bits per heavy atom. The Bertz CT molecular complexity index is 857. The quantitative estimate of drug-likeness (QED) is 0.583. The number of carbonyl (C=O) groups is 1. The molecule has 30 heavy (non-hydrogen) atoms. The molecule has 0 saturated carbocycles. The second kappa shape index (κ2) is 10.6. The highest BCUT2D eigenvalue weighted by molar-refractivity contribution is 9.10. The third-order valence-corrected chi connectivity index (χ3v) is 5.74. The minimum atomic E-state index is 0.00706. The van der Waals surface area contributed by atoms with Crippen molar-refractivity contribution in [3.05, 3.63) is 46.4 Å². The van der Waals surface area contributed by atoms with Crippen molar-refractivity contribution in [2.75, 3.05) is 51.9 Å². The summed E-state index contributed by atoms with van der Waals surface area (Å²) >= 11 is 3.53. The zero-order valence-electron chi connectivity index (χ0n) is 17.8. The SMILES string of the molecule is CCCOc1c(Br)cc(C(=O)N2CCCN(c3ccc(OC)cc3)CC2)cc1OC. The van der Waals surface area contributed by atoms with Gasteiger partial charge in [-0.1, -0.05) is 6.92 Å². The van der Waals surface area contributed by atoms with Gasteiger partial charge in [-0.25, -0.2) is 0 Å². The van der Waals surface area contributed by atoms with Crippen LogP contribution in [0.15, 0.2) is 40.9 Å². The van der Waals surface area contributed by atoms with Gasteiger partial charge in [0.2, 0.25) is 0 Å². The second-order valence-corrected chi connectivity index (χ2v) is 8.02. The Morgan fingerprint density at radius 1 is 1.03 bits per heavy atom. The summed E-state index contributed by atoms with van der Waals surface area (Å²) in [6, 6.07) is 11.6. The summed E-state index contributed by atoms with van der Waals surface area (Å²) in [4.78, 5) is 17.4. The van der Waals surface area contributed by atoms with Crippen molar-refractivity contribution in [1.29, 1.82) is 0 Å². The van der Waals surface area contributed by atoms with E-state index in [1.54, 1.807) is 20.3 Å². The molecule has 0 aliphatic carbocycles. The normalized spacial score (nSPS) is 14.3. The number of amides is 1. The first-order valence-electron chi connectivity index (χ1n) is 10.3. The van der Waals surface area contributed by atoms with Crippen LogP contribution >= 0.6 is 15.9 Å². The van der Waals surface area contributed by atoms with E-state index >= 15 is 0 Å². The highest BCUT2D eigenvalue weighted by atomic mass is 79.9. The highest BCUT2D eigenvalue weighted by Gasteiger charge is 2.23. The lowest BCUT2D eigenvalue weighted by Crippen LogP contribution is -2.35. The Kier molecular flexibility index (Phi) is 7.85. The van der Waals surface area contributed by atoms with Crippen LogP contribution in [0, 0.1) is 0 Å². The van der Waals surface area contributed by atoms with Crippen LogP contribution in [0.5, 0.6) is 17.2 Å². The van der Waals surface area contributed by atoms with Gasteiger partial charge in [-0.15, -0.1) is 0 Å². The van der Waals surface area contributed by atoms with Crippen LogP contribution in [0.1, 0.15) is 30.1 Å². The van der Waals surface area contributed by atoms with Gasteiger partial charge in [-0.2, -0.15) is 0 Å². The summed E-state index contributed by atoms with van der Waals surface area (Å²) in [6.07, 6.45) is 1.81. The largest absolute Gasteiger partial charge is 0.497 e. The number of hydrogen-bond donors (Lipinski definition) is 0. The van der Waals surface area contributed by atoms with Gasteiger partial charge >= 0.3 is 0 Å². The summed E-state index contributed by atoms with van der Waals surface area (Å²) < 4.78 is 17.2. The van der Waals surface area contributed by atoms with Crippen molar-refractivity contribution in [3.63, 3.8) is 0 Å². The molecular weight excluding hydrogens is 448 g/mol. The van der Waals surface area contributed by atoms with Crippen molar-refractivity contribution in [2.45, 2.75) is 19.8 Å². The predicted molar refractivity (Wildman–Crippen MR) is 122 cm³/mol. The molecule has 0 bridgehead atoms. The molecule has 1 aliphatic rings. The van der Waals surface area contributed by atoms with Crippen molar-refractivity contribution < 1.29 is 19.0 Å². The molecule has 162 valence electrons. The van der Waals surface area contributed by atoms with Crippen LogP contribution in [0.3, 0.4) is 0 Å². The molecule has 1 heterocycles. The lowest BCUT2D eigenvalue weighted by Gasteiger charge is -2.24. The van der Waals surface area contributed by atoms with Gasteiger partial charge in [-0.05, 0) is 65.2 Å². The fraction of sp³-hybridized carbons (Fsp3) is 0.435. The average Bonchev–Trinajstić information content (AvgIpc) is 3.03. The molecule has 0 radical (unpaired) electrons. The molecule has 6 nitrogen and oxygen atoms in total. The van der Waals surface area contributed by atoms with Gasteiger partial charge in [-0.3, -0.25) is 4.79 Å². The first-order valence-corrected chi connectivity index (χ1v) is 11.0. The lowest BCUT2D eigenvalue weighted by atomic mass is 10.1. The zero-order valence-corrected chi connectivity index (χ0v) is 19.4. The molecule has 0 atom stereocenters. The lowest BCUT2D eigenvalue weighted by molar-refractivity contribution is 0.0766. The Balaban J connectivity index is 1.71. The molecule has 7 heteroatoms. The summed E-state index contributed by atoms with van der Waals surface area (Å²) in [5, 5.41) is 0. The molecule has 1 saturated heterocycles. The Morgan fingerprint density at radius 2 is 1.80 bits per heavy atom. The molecular formula is C23H29BrN2O4. The number of rotatable bonds is 7. The van der Waals surface area contributed by atoms with E-state index in [1.165, 1.54) is 0 Å². The van der Waals surface area contributed by atoms with Gasteiger partial charge in [0.15, 0.2) is 11.5 Å². The molecule has 1 amide bonds. The minimum absolute atomic E-state index is 0.00706. The van der Waals surface area contributed by atoms with Gasteiger partial charge in [0.05, 0.1) is 25.3 Å². The summed E-state index contributed by atoms with van der Waals surface area (Å²) in [5.41, 5.74) is 1.74. The van der Waals surface area contributed by atoms with E-state index in [2.05, 4.69) is 33.0 Å². The maximum Gasteiger partial charge on any atom is 0.254 e. The van der Waals surface area contributed by atoms with Crippen LogP contribution in [0.25, 0.3) is 0 Å². The van der Waals surface area contributed by atoms with Crippen LogP contribution in [-0.2, 0) is 0 Å². The number of carbonyl (C=O) groups excluding carboxylic acids is 1. The first-order chi connectivity index (χ1) is 14.6. The van der Waals surface area contributed by atoms with E-state index in [1.807, 2.05) is 30.0 Å². The molecule has 0 unspecified atom stereocenters. The summed E-state index contributed by atoms with van der Waals surface area (Å²) in [5.74, 6) is 2.05. The minimum Gasteiger partial charge on any atom is -0.497 e. The number of hydrogen-bond acceptors (Lipinski definition) is 5. The first kappa shape index (κ1) is 22.3. The summed E-state index contributed by atoms with van der Waals surface area (Å²) in [7, 11) is 3.26. The van der Waals surface area contributed by atoms with Gasteiger partial charge in [0.1, 0.15) is 5.75 Å². The van der Waals surface area contributed by atoms with Gasteiger partial charge < -0.3 is 24.0 Å². The number of ether oxygens (including phenoxy) is 3.